The largest absolute Gasteiger partial charge is 0.312 e. The average Bonchev–Trinajstić information content (AvgIpc) is 2.26. The summed E-state index contributed by atoms with van der Waals surface area (Å²) in [5.41, 5.74) is 3.20. The molecule has 1 N–H and O–H groups in total. The van der Waals surface area contributed by atoms with Crippen molar-refractivity contribution >= 4 is 6.21 Å². The number of rotatable bonds is 4. The Morgan fingerprint density at radius 2 is 1.41 bits per heavy atom. The molecule has 0 spiro atoms. The zero-order chi connectivity index (χ0) is 13.2. The van der Waals surface area contributed by atoms with Crippen LogP contribution >= 0.6 is 0 Å². The second kappa shape index (κ2) is 5.44. The molecule has 94 valence electrons. The molecule has 17 heavy (non-hydrogen) atoms. The topological polar surface area (TPSA) is 23.9 Å². The summed E-state index contributed by atoms with van der Waals surface area (Å²) in [6.07, 6.45) is 1.44. The van der Waals surface area contributed by atoms with Crippen molar-refractivity contribution in [2.75, 3.05) is 0 Å². The first-order valence-corrected chi connectivity index (χ1v) is 6.22. The Morgan fingerprint density at radius 3 is 1.71 bits per heavy atom. The Labute approximate surface area is 104 Å². The van der Waals surface area contributed by atoms with Crippen molar-refractivity contribution in [2.24, 2.45) is 0 Å². The van der Waals surface area contributed by atoms with Gasteiger partial charge in [0.15, 0.2) is 0 Å². The molecule has 0 fully saturated rings. The molecule has 2 heteroatoms. The van der Waals surface area contributed by atoms with Gasteiger partial charge in [-0.15, -0.1) is 0 Å². The second-order valence-corrected chi connectivity index (χ2v) is 5.26. The monoisotopic (exact) mass is 235 g/mol. The van der Waals surface area contributed by atoms with Crippen molar-refractivity contribution < 1.29 is 4.39 Å². The second-order valence-electron chi connectivity index (χ2n) is 5.26. The van der Waals surface area contributed by atoms with E-state index in [1.54, 1.807) is 12.1 Å². The van der Waals surface area contributed by atoms with Gasteiger partial charge in [-0.1, -0.05) is 34.6 Å². The van der Waals surface area contributed by atoms with E-state index in [0.717, 1.165) is 16.7 Å². The molecule has 0 aliphatic heterocycles. The van der Waals surface area contributed by atoms with Gasteiger partial charge in [0.2, 0.25) is 0 Å². The fourth-order valence-electron chi connectivity index (χ4n) is 2.23. The van der Waals surface area contributed by atoms with Crippen molar-refractivity contribution in [3.05, 3.63) is 34.6 Å². The van der Waals surface area contributed by atoms with Crippen molar-refractivity contribution in [1.29, 1.82) is 5.41 Å². The highest BCUT2D eigenvalue weighted by Crippen LogP contribution is 2.33. The molecule has 1 rings (SSSR count). The molecule has 0 bridgehead atoms. The van der Waals surface area contributed by atoms with Gasteiger partial charge in [-0.3, -0.25) is 0 Å². The van der Waals surface area contributed by atoms with E-state index in [0.29, 0.717) is 0 Å². The van der Waals surface area contributed by atoms with Gasteiger partial charge in [0.05, 0.1) is 0 Å². The molecule has 0 aliphatic carbocycles. The number of nitrogens with one attached hydrogen (secondary N) is 1. The maximum Gasteiger partial charge on any atom is 0.123 e. The molecule has 0 aromatic heterocycles. The van der Waals surface area contributed by atoms with Crippen LogP contribution in [0, 0.1) is 11.2 Å². The highest BCUT2D eigenvalue weighted by Gasteiger charge is 2.19. The van der Waals surface area contributed by atoms with E-state index < -0.39 is 0 Å². The minimum absolute atomic E-state index is 0.0467. The SMILES string of the molecule is CC(C)c1cc(F)cc(C(C)C)c1C(C)C=N. The third kappa shape index (κ3) is 2.93. The Bertz CT molecular complexity index is 378. The zero-order valence-electron chi connectivity index (χ0n) is 11.3. The van der Waals surface area contributed by atoms with Crippen LogP contribution in [-0.2, 0) is 0 Å². The van der Waals surface area contributed by atoms with Crippen molar-refractivity contribution in [3.8, 4) is 0 Å². The van der Waals surface area contributed by atoms with Crippen LogP contribution in [0.15, 0.2) is 12.1 Å². The highest BCUT2D eigenvalue weighted by molar-refractivity contribution is 5.67. The first-order valence-electron chi connectivity index (χ1n) is 6.22. The molecule has 0 heterocycles. The number of benzene rings is 1. The standard InChI is InChI=1S/C15H22FN/c1-9(2)13-6-12(16)7-14(10(3)4)15(13)11(5)8-17/h6-11,17H,1-5H3. The van der Waals surface area contributed by atoms with Gasteiger partial charge in [0, 0.05) is 12.1 Å². The van der Waals surface area contributed by atoms with Crippen LogP contribution < -0.4 is 0 Å². The van der Waals surface area contributed by atoms with Gasteiger partial charge in [-0.25, -0.2) is 4.39 Å². The first-order chi connectivity index (χ1) is 7.88. The molecule has 0 saturated heterocycles. The predicted molar refractivity (Wildman–Crippen MR) is 71.8 cm³/mol. The molecule has 0 aliphatic rings. The number of hydrogen-bond donors (Lipinski definition) is 1. The summed E-state index contributed by atoms with van der Waals surface area (Å²) >= 11 is 0. The van der Waals surface area contributed by atoms with Crippen LogP contribution in [-0.4, -0.2) is 6.21 Å². The lowest BCUT2D eigenvalue weighted by molar-refractivity contribution is 0.614. The summed E-state index contributed by atoms with van der Waals surface area (Å²) < 4.78 is 13.6. The lowest BCUT2D eigenvalue weighted by Crippen LogP contribution is -2.09. The summed E-state index contributed by atoms with van der Waals surface area (Å²) in [6.45, 7) is 10.3. The molecule has 0 radical (unpaired) electrons. The fraction of sp³-hybridized carbons (Fsp3) is 0.533. The number of halogens is 1. The Hall–Kier alpha value is -1.18. The summed E-state index contributed by atoms with van der Waals surface area (Å²) in [5, 5.41) is 7.46. The Morgan fingerprint density at radius 1 is 1.00 bits per heavy atom. The van der Waals surface area contributed by atoms with Crippen molar-refractivity contribution in [3.63, 3.8) is 0 Å². The van der Waals surface area contributed by atoms with Gasteiger partial charge in [0.25, 0.3) is 0 Å². The normalized spacial score (nSPS) is 13.2. The van der Waals surface area contributed by atoms with E-state index in [1.807, 2.05) is 6.92 Å². The lowest BCUT2D eigenvalue weighted by atomic mass is 9.83. The van der Waals surface area contributed by atoms with Crippen molar-refractivity contribution in [1.82, 2.24) is 0 Å². The van der Waals surface area contributed by atoms with Crippen LogP contribution in [0.1, 0.15) is 69.1 Å². The Balaban J connectivity index is 3.52. The highest BCUT2D eigenvalue weighted by atomic mass is 19.1. The molecule has 1 aromatic carbocycles. The molecule has 1 unspecified atom stereocenters. The maximum atomic E-state index is 13.6. The van der Waals surface area contributed by atoms with Crippen LogP contribution in [0.4, 0.5) is 4.39 Å². The number of hydrogen-bond acceptors (Lipinski definition) is 1. The van der Waals surface area contributed by atoms with E-state index >= 15 is 0 Å². The Kier molecular flexibility index (Phi) is 4.44. The fourth-order valence-corrected chi connectivity index (χ4v) is 2.23. The minimum Gasteiger partial charge on any atom is -0.312 e. The minimum atomic E-state index is -0.168. The van der Waals surface area contributed by atoms with E-state index in [4.69, 9.17) is 5.41 Å². The van der Waals surface area contributed by atoms with Crippen LogP contribution in [0.2, 0.25) is 0 Å². The quantitative estimate of drug-likeness (QED) is 0.723. The van der Waals surface area contributed by atoms with E-state index in [-0.39, 0.29) is 23.6 Å². The molecule has 1 aromatic rings. The third-order valence-electron chi connectivity index (χ3n) is 3.16. The lowest BCUT2D eigenvalue weighted by Gasteiger charge is -2.22. The smallest absolute Gasteiger partial charge is 0.123 e. The zero-order valence-corrected chi connectivity index (χ0v) is 11.3. The van der Waals surface area contributed by atoms with Crippen LogP contribution in [0.5, 0.6) is 0 Å². The molecular weight excluding hydrogens is 213 g/mol. The third-order valence-corrected chi connectivity index (χ3v) is 3.16. The van der Waals surface area contributed by atoms with Crippen molar-refractivity contribution in [2.45, 2.75) is 52.4 Å². The van der Waals surface area contributed by atoms with E-state index in [1.165, 1.54) is 6.21 Å². The summed E-state index contributed by atoms with van der Waals surface area (Å²) in [5.74, 6) is 0.435. The average molecular weight is 235 g/mol. The van der Waals surface area contributed by atoms with Crippen LogP contribution in [0.25, 0.3) is 0 Å². The van der Waals surface area contributed by atoms with E-state index in [9.17, 15) is 4.39 Å². The van der Waals surface area contributed by atoms with Gasteiger partial charge >= 0.3 is 0 Å². The summed E-state index contributed by atoms with van der Waals surface area (Å²) in [7, 11) is 0. The molecule has 1 nitrogen and oxygen atoms in total. The van der Waals surface area contributed by atoms with Crippen LogP contribution in [0.3, 0.4) is 0 Å². The van der Waals surface area contributed by atoms with Gasteiger partial charge in [-0.05, 0) is 40.7 Å². The predicted octanol–water partition coefficient (Wildman–Crippen LogP) is 4.83. The maximum absolute atomic E-state index is 13.6. The van der Waals surface area contributed by atoms with Gasteiger partial charge < -0.3 is 5.41 Å². The summed E-state index contributed by atoms with van der Waals surface area (Å²) in [4.78, 5) is 0. The molecule has 1 atom stereocenters. The molecule has 0 saturated carbocycles. The van der Waals surface area contributed by atoms with Gasteiger partial charge in [0.1, 0.15) is 5.82 Å². The van der Waals surface area contributed by atoms with E-state index in [2.05, 4.69) is 27.7 Å². The summed E-state index contributed by atoms with van der Waals surface area (Å²) in [6, 6.07) is 3.23. The molecular formula is C15H22FN. The first kappa shape index (κ1) is 13.9. The van der Waals surface area contributed by atoms with Gasteiger partial charge in [-0.2, -0.15) is 0 Å². The molecule has 0 amide bonds.